The minimum absolute atomic E-state index is 0.272. The third-order valence-electron chi connectivity index (χ3n) is 5.09. The number of thiophene rings is 1. The van der Waals surface area contributed by atoms with E-state index in [1.807, 2.05) is 18.2 Å². The van der Waals surface area contributed by atoms with Crippen molar-refractivity contribution in [3.8, 4) is 17.6 Å². The number of benzene rings is 2. The number of hydrogen-bond donors (Lipinski definition) is 0. The zero-order valence-corrected chi connectivity index (χ0v) is 17.5. The van der Waals surface area contributed by atoms with Crippen LogP contribution in [0.4, 0.5) is 9.39 Å². The highest BCUT2D eigenvalue weighted by Gasteiger charge is 2.20. The Balaban J connectivity index is 1.51. The molecule has 0 aliphatic heterocycles. The van der Waals surface area contributed by atoms with E-state index in [2.05, 4.69) is 11.1 Å². The summed E-state index contributed by atoms with van der Waals surface area (Å²) < 4.78 is 24.3. The summed E-state index contributed by atoms with van der Waals surface area (Å²) in [5, 5.41) is 10.4. The van der Waals surface area contributed by atoms with Gasteiger partial charge in [0.25, 0.3) is 0 Å². The highest BCUT2D eigenvalue weighted by molar-refractivity contribution is 7.16. The van der Waals surface area contributed by atoms with Crippen LogP contribution in [0.5, 0.6) is 11.5 Å². The summed E-state index contributed by atoms with van der Waals surface area (Å²) in [6.07, 6.45) is 6.08. The molecule has 0 atom stereocenters. The van der Waals surface area contributed by atoms with Crippen molar-refractivity contribution in [1.29, 1.82) is 5.26 Å². The lowest BCUT2D eigenvalue weighted by Crippen LogP contribution is -1.99. The minimum atomic E-state index is -0.272. The molecule has 0 saturated carbocycles. The van der Waals surface area contributed by atoms with Gasteiger partial charge in [-0.3, -0.25) is 0 Å². The molecule has 0 N–H and O–H groups in total. The van der Waals surface area contributed by atoms with E-state index in [0.717, 1.165) is 41.0 Å². The topological polar surface area (TPSA) is 54.6 Å². The van der Waals surface area contributed by atoms with E-state index in [4.69, 9.17) is 9.47 Å². The van der Waals surface area contributed by atoms with E-state index < -0.39 is 0 Å². The molecule has 2 aromatic carbocycles. The van der Waals surface area contributed by atoms with E-state index in [1.54, 1.807) is 36.8 Å². The largest absolute Gasteiger partial charge is 0.493 e. The van der Waals surface area contributed by atoms with Crippen molar-refractivity contribution in [3.63, 3.8) is 0 Å². The molecule has 152 valence electrons. The summed E-state index contributed by atoms with van der Waals surface area (Å²) in [5.41, 5.74) is 3.63. The van der Waals surface area contributed by atoms with E-state index in [0.29, 0.717) is 18.1 Å². The molecule has 6 heteroatoms. The van der Waals surface area contributed by atoms with Gasteiger partial charge in [0.05, 0.1) is 12.7 Å². The van der Waals surface area contributed by atoms with Crippen molar-refractivity contribution in [1.82, 2.24) is 0 Å². The second-order valence-electron chi connectivity index (χ2n) is 7.09. The Morgan fingerprint density at radius 3 is 2.70 bits per heavy atom. The second kappa shape index (κ2) is 9.10. The molecular weight excluding hydrogens is 399 g/mol. The molecule has 0 bridgehead atoms. The number of fused-ring (bicyclic) bond motifs is 1. The van der Waals surface area contributed by atoms with Gasteiger partial charge in [0.15, 0.2) is 11.5 Å². The molecule has 1 aliphatic rings. The molecule has 0 fully saturated rings. The molecule has 4 nitrogen and oxygen atoms in total. The summed E-state index contributed by atoms with van der Waals surface area (Å²) in [6, 6.07) is 14.1. The normalized spacial score (nSPS) is 13.1. The van der Waals surface area contributed by atoms with Crippen LogP contribution in [-0.2, 0) is 19.4 Å². The molecule has 0 saturated heterocycles. The van der Waals surface area contributed by atoms with Gasteiger partial charge in [0.1, 0.15) is 23.5 Å². The average molecular weight is 421 g/mol. The van der Waals surface area contributed by atoms with E-state index >= 15 is 0 Å². The first kappa shape index (κ1) is 20.1. The third-order valence-corrected chi connectivity index (χ3v) is 6.29. The van der Waals surface area contributed by atoms with Crippen LogP contribution in [0.1, 0.15) is 40.0 Å². The SMILES string of the molecule is COc1cc(C=Nc2sc3c(c2C#N)CCCC3)ccc1OCc1ccc(F)cc1. The summed E-state index contributed by atoms with van der Waals surface area (Å²) in [5.74, 6) is 0.918. The number of nitriles is 1. The molecule has 0 radical (unpaired) electrons. The highest BCUT2D eigenvalue weighted by Crippen LogP contribution is 2.39. The molecule has 1 aliphatic carbocycles. The van der Waals surface area contributed by atoms with Gasteiger partial charge < -0.3 is 9.47 Å². The lowest BCUT2D eigenvalue weighted by Gasteiger charge is -2.11. The predicted octanol–water partition coefficient (Wildman–Crippen LogP) is 5.98. The molecule has 30 heavy (non-hydrogen) atoms. The van der Waals surface area contributed by atoms with Gasteiger partial charge in [-0.2, -0.15) is 5.26 Å². The van der Waals surface area contributed by atoms with Crippen LogP contribution < -0.4 is 9.47 Å². The zero-order chi connectivity index (χ0) is 20.9. The fourth-order valence-corrected chi connectivity index (χ4v) is 4.70. The highest BCUT2D eigenvalue weighted by atomic mass is 32.1. The average Bonchev–Trinajstić information content (AvgIpc) is 3.15. The first-order valence-electron chi connectivity index (χ1n) is 9.82. The van der Waals surface area contributed by atoms with Crippen LogP contribution in [0.25, 0.3) is 0 Å². The van der Waals surface area contributed by atoms with Crippen LogP contribution >= 0.6 is 11.3 Å². The Morgan fingerprint density at radius 1 is 1.13 bits per heavy atom. The molecule has 3 aromatic rings. The van der Waals surface area contributed by atoms with Crippen molar-refractivity contribution in [2.75, 3.05) is 7.11 Å². The van der Waals surface area contributed by atoms with Gasteiger partial charge in [-0.1, -0.05) is 12.1 Å². The van der Waals surface area contributed by atoms with Crippen molar-refractivity contribution in [2.45, 2.75) is 32.3 Å². The van der Waals surface area contributed by atoms with Crippen LogP contribution in [0.2, 0.25) is 0 Å². The van der Waals surface area contributed by atoms with Gasteiger partial charge in [0, 0.05) is 11.1 Å². The lowest BCUT2D eigenvalue weighted by atomic mass is 9.96. The van der Waals surface area contributed by atoms with E-state index in [-0.39, 0.29) is 5.82 Å². The Bertz CT molecular complexity index is 1110. The van der Waals surface area contributed by atoms with Gasteiger partial charge >= 0.3 is 0 Å². The number of halogens is 1. The van der Waals surface area contributed by atoms with Crippen LogP contribution in [0.15, 0.2) is 47.5 Å². The van der Waals surface area contributed by atoms with Gasteiger partial charge in [0.2, 0.25) is 0 Å². The number of rotatable bonds is 6. The Morgan fingerprint density at radius 2 is 1.93 bits per heavy atom. The van der Waals surface area contributed by atoms with Crippen LogP contribution in [-0.4, -0.2) is 13.3 Å². The summed E-state index contributed by atoms with van der Waals surface area (Å²) >= 11 is 1.62. The fraction of sp³-hybridized carbons (Fsp3) is 0.250. The Hall–Kier alpha value is -3.17. The smallest absolute Gasteiger partial charge is 0.161 e. The van der Waals surface area contributed by atoms with Crippen LogP contribution in [0, 0.1) is 17.1 Å². The number of nitrogens with zero attached hydrogens (tertiary/aromatic N) is 2. The molecule has 0 spiro atoms. The monoisotopic (exact) mass is 420 g/mol. The van der Waals surface area contributed by atoms with Crippen molar-refractivity contribution >= 4 is 22.6 Å². The maximum absolute atomic E-state index is 13.0. The maximum Gasteiger partial charge on any atom is 0.161 e. The van der Waals surface area contributed by atoms with E-state index in [9.17, 15) is 9.65 Å². The molecule has 0 unspecified atom stereocenters. The maximum atomic E-state index is 13.0. The number of ether oxygens (including phenoxy) is 2. The van der Waals surface area contributed by atoms with Crippen molar-refractivity contribution in [3.05, 3.63) is 75.4 Å². The number of aryl methyl sites for hydroxylation is 1. The van der Waals surface area contributed by atoms with Gasteiger partial charge in [-0.05, 0) is 72.7 Å². The summed E-state index contributed by atoms with van der Waals surface area (Å²) in [6.45, 7) is 0.316. The first-order valence-corrected chi connectivity index (χ1v) is 10.6. The number of methoxy groups -OCH3 is 1. The second-order valence-corrected chi connectivity index (χ2v) is 8.17. The third kappa shape index (κ3) is 4.37. The first-order chi connectivity index (χ1) is 14.7. The molecule has 4 rings (SSSR count). The van der Waals surface area contributed by atoms with Gasteiger partial charge in [-0.25, -0.2) is 9.38 Å². The number of aliphatic imine (C=N–C) groups is 1. The fourth-order valence-electron chi connectivity index (χ4n) is 3.52. The lowest BCUT2D eigenvalue weighted by molar-refractivity contribution is 0.284. The zero-order valence-electron chi connectivity index (χ0n) is 16.7. The van der Waals surface area contributed by atoms with Gasteiger partial charge in [-0.15, -0.1) is 11.3 Å². The van der Waals surface area contributed by atoms with E-state index in [1.165, 1.54) is 29.0 Å². The number of hydrogen-bond acceptors (Lipinski definition) is 5. The summed E-state index contributed by atoms with van der Waals surface area (Å²) in [4.78, 5) is 5.90. The molecule has 1 aromatic heterocycles. The van der Waals surface area contributed by atoms with Crippen LogP contribution in [0.3, 0.4) is 0 Å². The van der Waals surface area contributed by atoms with Crippen molar-refractivity contribution in [2.24, 2.45) is 4.99 Å². The summed E-state index contributed by atoms with van der Waals surface area (Å²) in [7, 11) is 1.59. The standard InChI is InChI=1S/C24H21FN2O2S/c1-28-22-12-17(8-11-21(22)29-15-16-6-9-18(25)10-7-16)14-27-24-20(13-26)19-4-2-3-5-23(19)30-24/h6-12,14H,2-5,15H2,1H3. The Kier molecular flexibility index (Phi) is 6.10. The minimum Gasteiger partial charge on any atom is -0.493 e. The molecular formula is C24H21FN2O2S. The van der Waals surface area contributed by atoms with Crippen molar-refractivity contribution < 1.29 is 13.9 Å². The molecule has 0 amide bonds. The quantitative estimate of drug-likeness (QED) is 0.461. The predicted molar refractivity (Wildman–Crippen MR) is 117 cm³/mol. The molecule has 1 heterocycles. The Labute approximate surface area is 179 Å².